The third-order valence-corrected chi connectivity index (χ3v) is 2.38. The first-order chi connectivity index (χ1) is 7.84. The molecule has 4 heteroatoms. The van der Waals surface area contributed by atoms with E-state index < -0.39 is 0 Å². The predicted molar refractivity (Wildman–Crippen MR) is 67.8 cm³/mol. The van der Waals surface area contributed by atoms with Gasteiger partial charge in [0.25, 0.3) is 0 Å². The summed E-state index contributed by atoms with van der Waals surface area (Å²) in [5, 5.41) is 3.22. The molecule has 3 nitrogen and oxygen atoms in total. The number of ether oxygens (including phenoxy) is 1. The summed E-state index contributed by atoms with van der Waals surface area (Å²) in [6.45, 7) is 2.50. The van der Waals surface area contributed by atoms with Gasteiger partial charge < -0.3 is 10.1 Å². The van der Waals surface area contributed by atoms with Crippen molar-refractivity contribution in [3.8, 4) is 0 Å². The summed E-state index contributed by atoms with van der Waals surface area (Å²) in [4.78, 5) is 11.0. The minimum atomic E-state index is -0.303. The summed E-state index contributed by atoms with van der Waals surface area (Å²) in [6, 6.07) is 8.87. The van der Waals surface area contributed by atoms with Crippen LogP contribution in [-0.2, 0) is 4.74 Å². The van der Waals surface area contributed by atoms with Crippen molar-refractivity contribution >= 4 is 21.9 Å². The van der Waals surface area contributed by atoms with Gasteiger partial charge in [0.15, 0.2) is 0 Å². The van der Waals surface area contributed by atoms with Crippen LogP contribution in [0.2, 0.25) is 0 Å². The van der Waals surface area contributed by atoms with Crippen molar-refractivity contribution in [2.75, 3.05) is 18.6 Å². The van der Waals surface area contributed by atoms with Crippen LogP contribution < -0.4 is 5.32 Å². The number of alkyl halides is 1. The van der Waals surface area contributed by atoms with Crippen LogP contribution in [0.3, 0.4) is 0 Å². The highest BCUT2D eigenvalue weighted by Gasteiger charge is 2.02. The van der Waals surface area contributed by atoms with Crippen molar-refractivity contribution < 1.29 is 9.53 Å². The fourth-order valence-corrected chi connectivity index (χ4v) is 1.54. The lowest BCUT2D eigenvalue weighted by Crippen LogP contribution is -2.03. The number of carbonyl (C=O) groups is 1. The second-order valence-corrected chi connectivity index (χ2v) is 3.82. The van der Waals surface area contributed by atoms with Crippen molar-refractivity contribution in [1.82, 2.24) is 5.32 Å². The number of carbonyl (C=O) groups excluding carboxylic acids is 1. The minimum absolute atomic E-state index is 0.237. The molecule has 1 heterocycles. The van der Waals surface area contributed by atoms with E-state index in [2.05, 4.69) is 21.2 Å². The standard InChI is InChI=1S/C8H7BrO2.C4H9N/c9-6-11-8(10)7-4-2-1-3-5-7;1-2-4-5-3-1/h1-5H,6H2;5H,1-4H2. The maximum atomic E-state index is 11.0. The van der Waals surface area contributed by atoms with E-state index >= 15 is 0 Å². The van der Waals surface area contributed by atoms with Crippen molar-refractivity contribution in [3.05, 3.63) is 35.9 Å². The zero-order valence-electron chi connectivity index (χ0n) is 9.12. The van der Waals surface area contributed by atoms with E-state index in [4.69, 9.17) is 4.74 Å². The van der Waals surface area contributed by atoms with Gasteiger partial charge in [0, 0.05) is 0 Å². The van der Waals surface area contributed by atoms with Crippen LogP contribution in [0.1, 0.15) is 23.2 Å². The van der Waals surface area contributed by atoms with Crippen LogP contribution in [0.25, 0.3) is 0 Å². The molecule has 0 amide bonds. The van der Waals surface area contributed by atoms with Crippen LogP contribution in [0, 0.1) is 0 Å². The lowest BCUT2D eigenvalue weighted by Gasteiger charge is -1.98. The number of esters is 1. The second kappa shape index (κ2) is 8.30. The van der Waals surface area contributed by atoms with E-state index in [0.29, 0.717) is 5.56 Å². The Morgan fingerprint density at radius 2 is 1.88 bits per heavy atom. The first kappa shape index (κ1) is 13.2. The normalized spacial score (nSPS) is 13.8. The Balaban J connectivity index is 0.000000212. The Morgan fingerprint density at radius 3 is 2.31 bits per heavy atom. The van der Waals surface area contributed by atoms with Gasteiger partial charge in [-0.1, -0.05) is 18.2 Å². The van der Waals surface area contributed by atoms with Crippen molar-refractivity contribution in [3.63, 3.8) is 0 Å². The van der Waals surface area contributed by atoms with Gasteiger partial charge in [0.05, 0.1) is 5.56 Å². The fraction of sp³-hybridized carbons (Fsp3) is 0.417. The number of hydrogen-bond donors (Lipinski definition) is 1. The number of rotatable bonds is 2. The van der Waals surface area contributed by atoms with Crippen molar-refractivity contribution in [2.24, 2.45) is 0 Å². The zero-order valence-corrected chi connectivity index (χ0v) is 10.7. The number of hydrogen-bond acceptors (Lipinski definition) is 3. The monoisotopic (exact) mass is 285 g/mol. The second-order valence-electron chi connectivity index (χ2n) is 3.36. The maximum absolute atomic E-state index is 11.0. The highest BCUT2D eigenvalue weighted by molar-refractivity contribution is 9.09. The molecular formula is C12H16BrNO2. The third-order valence-electron chi connectivity index (χ3n) is 2.15. The molecule has 0 saturated carbocycles. The van der Waals surface area contributed by atoms with E-state index in [1.807, 2.05) is 6.07 Å². The van der Waals surface area contributed by atoms with Gasteiger partial charge in [-0.2, -0.15) is 0 Å². The SMILES string of the molecule is C1CCNC1.O=C(OCBr)c1ccccc1. The van der Waals surface area contributed by atoms with Crippen LogP contribution in [0.15, 0.2) is 30.3 Å². The molecule has 88 valence electrons. The lowest BCUT2D eigenvalue weighted by atomic mass is 10.2. The first-order valence-electron chi connectivity index (χ1n) is 5.33. The van der Waals surface area contributed by atoms with Gasteiger partial charge in [-0.05, 0) is 54.0 Å². The van der Waals surface area contributed by atoms with E-state index in [1.165, 1.54) is 25.9 Å². The number of benzene rings is 1. The summed E-state index contributed by atoms with van der Waals surface area (Å²) < 4.78 is 4.71. The minimum Gasteiger partial charge on any atom is -0.450 e. The molecule has 1 aromatic carbocycles. The first-order valence-corrected chi connectivity index (χ1v) is 6.45. The summed E-state index contributed by atoms with van der Waals surface area (Å²) in [5.74, 6) is -0.303. The summed E-state index contributed by atoms with van der Waals surface area (Å²) >= 11 is 3.00. The Morgan fingerprint density at radius 1 is 1.25 bits per heavy atom. The topological polar surface area (TPSA) is 38.3 Å². The van der Waals surface area contributed by atoms with Gasteiger partial charge in [-0.25, -0.2) is 4.79 Å². The highest BCUT2D eigenvalue weighted by atomic mass is 79.9. The van der Waals surface area contributed by atoms with Crippen LogP contribution >= 0.6 is 15.9 Å². The summed E-state index contributed by atoms with van der Waals surface area (Å²) in [6.07, 6.45) is 2.78. The summed E-state index contributed by atoms with van der Waals surface area (Å²) in [5.41, 5.74) is 0.813. The van der Waals surface area contributed by atoms with Gasteiger partial charge in [-0.3, -0.25) is 0 Å². The van der Waals surface area contributed by atoms with Crippen molar-refractivity contribution in [1.29, 1.82) is 0 Å². The summed E-state index contributed by atoms with van der Waals surface area (Å²) in [7, 11) is 0. The molecule has 2 rings (SSSR count). The third kappa shape index (κ3) is 5.28. The van der Waals surface area contributed by atoms with Crippen LogP contribution in [0.5, 0.6) is 0 Å². The molecule has 16 heavy (non-hydrogen) atoms. The van der Waals surface area contributed by atoms with E-state index in [1.54, 1.807) is 24.3 Å². The van der Waals surface area contributed by atoms with Crippen LogP contribution in [0.4, 0.5) is 0 Å². The molecule has 0 radical (unpaired) electrons. The van der Waals surface area contributed by atoms with E-state index in [9.17, 15) is 4.79 Å². The molecule has 1 aromatic rings. The average Bonchev–Trinajstić information content (AvgIpc) is 2.89. The molecule has 0 aliphatic carbocycles. The number of nitrogens with one attached hydrogen (secondary N) is 1. The lowest BCUT2D eigenvalue weighted by molar-refractivity contribution is 0.0584. The largest absolute Gasteiger partial charge is 0.450 e. The Bertz CT molecular complexity index is 292. The Kier molecular flexibility index (Phi) is 6.85. The average molecular weight is 286 g/mol. The molecular weight excluding hydrogens is 270 g/mol. The molecule has 0 atom stereocenters. The highest BCUT2D eigenvalue weighted by Crippen LogP contribution is 2.01. The van der Waals surface area contributed by atoms with E-state index in [0.717, 1.165) is 0 Å². The zero-order chi connectivity index (χ0) is 11.6. The molecule has 1 aliphatic heterocycles. The van der Waals surface area contributed by atoms with Gasteiger partial charge in [0.1, 0.15) is 5.52 Å². The van der Waals surface area contributed by atoms with Gasteiger partial charge in [-0.15, -0.1) is 0 Å². The molecule has 1 saturated heterocycles. The molecule has 1 aliphatic rings. The fourth-order valence-electron chi connectivity index (χ4n) is 1.33. The molecule has 0 spiro atoms. The molecule has 1 fully saturated rings. The molecule has 1 N–H and O–H groups in total. The Labute approximate surface area is 104 Å². The number of halogens is 1. The smallest absolute Gasteiger partial charge is 0.338 e. The van der Waals surface area contributed by atoms with E-state index in [-0.39, 0.29) is 11.5 Å². The van der Waals surface area contributed by atoms with Gasteiger partial charge in [0.2, 0.25) is 0 Å². The van der Waals surface area contributed by atoms with Crippen LogP contribution in [-0.4, -0.2) is 24.6 Å². The molecule has 0 aromatic heterocycles. The molecule has 0 bridgehead atoms. The van der Waals surface area contributed by atoms with Gasteiger partial charge >= 0.3 is 5.97 Å². The van der Waals surface area contributed by atoms with Crippen molar-refractivity contribution in [2.45, 2.75) is 12.8 Å². The Hall–Kier alpha value is -0.870. The molecule has 0 unspecified atom stereocenters. The predicted octanol–water partition coefficient (Wildman–Crippen LogP) is 2.57. The maximum Gasteiger partial charge on any atom is 0.338 e. The quantitative estimate of drug-likeness (QED) is 0.671.